The van der Waals surface area contributed by atoms with Crippen LogP contribution < -0.4 is 0 Å². The van der Waals surface area contributed by atoms with Crippen LogP contribution in [0.1, 0.15) is 51.9 Å². The molecule has 2 nitrogen and oxygen atoms in total. The van der Waals surface area contributed by atoms with Crippen LogP contribution in [-0.4, -0.2) is 18.8 Å². The number of unbranched alkanes of at least 4 members (excludes halogenated alkanes) is 6. The van der Waals surface area contributed by atoms with Gasteiger partial charge in [-0.05, 0) is 6.42 Å². The molecule has 0 aliphatic rings. The van der Waals surface area contributed by atoms with Crippen molar-refractivity contribution in [3.63, 3.8) is 0 Å². The van der Waals surface area contributed by atoms with Gasteiger partial charge in [-0.15, -0.1) is 0 Å². The first-order valence-corrected chi connectivity index (χ1v) is 8.33. The van der Waals surface area contributed by atoms with Gasteiger partial charge >= 0.3 is 0 Å². The molecule has 4 heteroatoms. The molecule has 0 bridgehead atoms. The minimum absolute atomic E-state index is 0.107. The van der Waals surface area contributed by atoms with E-state index in [1.807, 2.05) is 0 Å². The molecule has 14 heavy (non-hydrogen) atoms. The van der Waals surface area contributed by atoms with E-state index in [0.29, 0.717) is 5.75 Å². The fraction of sp³-hybridized carbons (Fsp3) is 1.00. The van der Waals surface area contributed by atoms with Crippen LogP contribution in [0, 0.1) is 0 Å². The number of sulfone groups is 1. The lowest BCUT2D eigenvalue weighted by Gasteiger charge is -2.01. The zero-order valence-electron chi connectivity index (χ0n) is 8.97. The van der Waals surface area contributed by atoms with E-state index in [1.54, 1.807) is 0 Å². The Morgan fingerprint density at radius 2 is 1.43 bits per heavy atom. The summed E-state index contributed by atoms with van der Waals surface area (Å²) in [7, 11) is -2.80. The van der Waals surface area contributed by atoms with Crippen LogP contribution in [0.3, 0.4) is 0 Å². The van der Waals surface area contributed by atoms with E-state index in [-0.39, 0.29) is 4.66 Å². The monoisotopic (exact) mass is 284 g/mol. The van der Waals surface area contributed by atoms with Crippen LogP contribution in [-0.2, 0) is 9.84 Å². The highest BCUT2D eigenvalue weighted by molar-refractivity contribution is 9.10. The van der Waals surface area contributed by atoms with Gasteiger partial charge < -0.3 is 0 Å². The summed E-state index contributed by atoms with van der Waals surface area (Å²) in [5.74, 6) is 0.339. The minimum Gasteiger partial charge on any atom is -0.228 e. The van der Waals surface area contributed by atoms with Crippen molar-refractivity contribution in [2.45, 2.75) is 51.9 Å². The molecular formula is C10H21BrO2S. The van der Waals surface area contributed by atoms with Crippen LogP contribution in [0.4, 0.5) is 0 Å². The summed E-state index contributed by atoms with van der Waals surface area (Å²) in [4.78, 5) is 0. The summed E-state index contributed by atoms with van der Waals surface area (Å²) in [6.07, 6.45) is 8.16. The fourth-order valence-corrected chi connectivity index (χ4v) is 2.77. The molecule has 0 fully saturated rings. The van der Waals surface area contributed by atoms with Crippen molar-refractivity contribution in [2.75, 3.05) is 10.4 Å². The van der Waals surface area contributed by atoms with Gasteiger partial charge in [-0.1, -0.05) is 61.4 Å². The van der Waals surface area contributed by atoms with Gasteiger partial charge in [0.1, 0.15) is 4.66 Å². The summed E-state index contributed by atoms with van der Waals surface area (Å²) < 4.78 is 22.3. The van der Waals surface area contributed by atoms with Gasteiger partial charge in [0.25, 0.3) is 0 Å². The number of halogens is 1. The quantitative estimate of drug-likeness (QED) is 0.480. The second-order valence-electron chi connectivity index (χ2n) is 3.68. The summed E-state index contributed by atoms with van der Waals surface area (Å²) in [6, 6.07) is 0. The molecule has 0 aromatic carbocycles. The number of alkyl halides is 1. The van der Waals surface area contributed by atoms with Gasteiger partial charge in [0.05, 0.1) is 5.75 Å². The van der Waals surface area contributed by atoms with Crippen molar-refractivity contribution in [3.8, 4) is 0 Å². The number of hydrogen-bond donors (Lipinski definition) is 0. The third-order valence-electron chi connectivity index (χ3n) is 2.23. The zero-order valence-corrected chi connectivity index (χ0v) is 11.4. The van der Waals surface area contributed by atoms with Gasteiger partial charge in [-0.3, -0.25) is 0 Å². The Morgan fingerprint density at radius 1 is 0.929 bits per heavy atom. The summed E-state index contributed by atoms with van der Waals surface area (Å²) in [6.45, 7) is 2.20. The van der Waals surface area contributed by atoms with Gasteiger partial charge in [0.15, 0.2) is 9.84 Å². The van der Waals surface area contributed by atoms with E-state index in [1.165, 1.54) is 32.1 Å². The van der Waals surface area contributed by atoms with Crippen molar-refractivity contribution in [1.82, 2.24) is 0 Å². The Morgan fingerprint density at radius 3 is 1.93 bits per heavy atom. The molecule has 0 spiro atoms. The summed E-state index contributed by atoms with van der Waals surface area (Å²) in [5, 5.41) is 0. The Balaban J connectivity index is 3.22. The third-order valence-corrected chi connectivity index (χ3v) is 5.56. The fourth-order valence-electron chi connectivity index (χ4n) is 1.33. The first-order chi connectivity index (χ1) is 6.62. The van der Waals surface area contributed by atoms with E-state index in [4.69, 9.17) is 0 Å². The number of rotatable bonds is 9. The van der Waals surface area contributed by atoms with Crippen molar-refractivity contribution in [1.29, 1.82) is 0 Å². The van der Waals surface area contributed by atoms with Crippen molar-refractivity contribution >= 4 is 25.8 Å². The molecule has 0 saturated heterocycles. The van der Waals surface area contributed by atoms with Gasteiger partial charge in [-0.2, -0.15) is 0 Å². The van der Waals surface area contributed by atoms with Crippen molar-refractivity contribution < 1.29 is 8.42 Å². The van der Waals surface area contributed by atoms with Crippen LogP contribution in [0.2, 0.25) is 0 Å². The maximum atomic E-state index is 11.1. The topological polar surface area (TPSA) is 34.1 Å². The van der Waals surface area contributed by atoms with E-state index in [9.17, 15) is 8.42 Å². The average molecular weight is 285 g/mol. The number of hydrogen-bond acceptors (Lipinski definition) is 2. The smallest absolute Gasteiger partial charge is 0.160 e. The average Bonchev–Trinajstić information content (AvgIpc) is 2.16. The lowest BCUT2D eigenvalue weighted by molar-refractivity contribution is 0.582. The molecule has 0 unspecified atom stereocenters. The molecule has 0 aromatic rings. The molecule has 86 valence electrons. The summed E-state index contributed by atoms with van der Waals surface area (Å²) in [5.41, 5.74) is 0. The highest BCUT2D eigenvalue weighted by Gasteiger charge is 2.06. The Kier molecular flexibility index (Phi) is 8.98. The zero-order chi connectivity index (χ0) is 10.9. The highest BCUT2D eigenvalue weighted by Crippen LogP contribution is 2.08. The predicted molar refractivity (Wildman–Crippen MR) is 65.6 cm³/mol. The van der Waals surface area contributed by atoms with E-state index >= 15 is 0 Å². The standard InChI is InChI=1S/C10H21BrO2S/c1-2-3-4-5-6-7-8-9-14(12,13)10-11/h2-10H2,1H3. The van der Waals surface area contributed by atoms with E-state index < -0.39 is 9.84 Å². The molecule has 0 rings (SSSR count). The van der Waals surface area contributed by atoms with Gasteiger partial charge in [0.2, 0.25) is 0 Å². The Bertz CT molecular complexity index is 212. The first-order valence-electron chi connectivity index (χ1n) is 5.39. The third kappa shape index (κ3) is 9.00. The van der Waals surface area contributed by atoms with Crippen molar-refractivity contribution in [3.05, 3.63) is 0 Å². The predicted octanol–water partition coefficient (Wildman–Crippen LogP) is 3.50. The van der Waals surface area contributed by atoms with Crippen LogP contribution in [0.5, 0.6) is 0 Å². The second-order valence-corrected chi connectivity index (χ2v) is 7.17. The van der Waals surface area contributed by atoms with Crippen LogP contribution in [0.15, 0.2) is 0 Å². The minimum atomic E-state index is -2.80. The molecule has 0 aromatic heterocycles. The first kappa shape index (κ1) is 14.4. The maximum absolute atomic E-state index is 11.1. The lowest BCUT2D eigenvalue weighted by atomic mass is 10.1. The molecule has 0 N–H and O–H groups in total. The van der Waals surface area contributed by atoms with E-state index in [2.05, 4.69) is 22.9 Å². The molecule has 0 aliphatic carbocycles. The van der Waals surface area contributed by atoms with E-state index in [0.717, 1.165) is 12.8 Å². The SMILES string of the molecule is CCCCCCCCCS(=O)(=O)CBr. The maximum Gasteiger partial charge on any atom is 0.160 e. The second kappa shape index (κ2) is 8.72. The largest absolute Gasteiger partial charge is 0.228 e. The molecule has 0 atom stereocenters. The molecular weight excluding hydrogens is 264 g/mol. The molecule has 0 heterocycles. The summed E-state index contributed by atoms with van der Waals surface area (Å²) >= 11 is 2.99. The Hall–Kier alpha value is 0.430. The van der Waals surface area contributed by atoms with Gasteiger partial charge in [-0.25, -0.2) is 8.42 Å². The lowest BCUT2D eigenvalue weighted by Crippen LogP contribution is -2.06. The van der Waals surface area contributed by atoms with Crippen LogP contribution in [0.25, 0.3) is 0 Å². The molecule has 0 amide bonds. The molecule has 0 aliphatic heterocycles. The highest BCUT2D eigenvalue weighted by atomic mass is 79.9. The van der Waals surface area contributed by atoms with Gasteiger partial charge in [0, 0.05) is 0 Å². The Labute approximate surface area is 96.5 Å². The normalized spacial score (nSPS) is 11.9. The molecule has 0 radical (unpaired) electrons. The van der Waals surface area contributed by atoms with Crippen LogP contribution >= 0.6 is 15.9 Å². The van der Waals surface area contributed by atoms with Crippen molar-refractivity contribution in [2.24, 2.45) is 0 Å². The molecule has 0 saturated carbocycles.